The monoisotopic (exact) mass is 268 g/mol. The SMILES string of the molecule is O=C1[C@@H]2[C@H](C(=O)N1CNc1ccccc1)[C@@H]1C=C[C@H]2C1. The number of para-hydroxylation sites is 1. The molecule has 3 aliphatic rings. The maximum Gasteiger partial charge on any atom is 0.235 e. The van der Waals surface area contributed by atoms with Gasteiger partial charge in [-0.15, -0.1) is 0 Å². The molecule has 1 N–H and O–H groups in total. The smallest absolute Gasteiger partial charge is 0.235 e. The van der Waals surface area contributed by atoms with Crippen molar-refractivity contribution >= 4 is 17.5 Å². The second-order valence-electron chi connectivity index (χ2n) is 5.81. The molecule has 1 aromatic rings. The van der Waals surface area contributed by atoms with Crippen LogP contribution in [0.5, 0.6) is 0 Å². The molecule has 2 bridgehead atoms. The number of amides is 2. The van der Waals surface area contributed by atoms with E-state index in [1.807, 2.05) is 30.3 Å². The minimum Gasteiger partial charge on any atom is -0.367 e. The van der Waals surface area contributed by atoms with Gasteiger partial charge in [0, 0.05) is 5.69 Å². The number of imide groups is 1. The van der Waals surface area contributed by atoms with Crippen LogP contribution in [-0.2, 0) is 9.59 Å². The van der Waals surface area contributed by atoms with Crippen LogP contribution in [0.4, 0.5) is 5.69 Å². The van der Waals surface area contributed by atoms with Crippen molar-refractivity contribution in [1.29, 1.82) is 0 Å². The van der Waals surface area contributed by atoms with Crippen molar-refractivity contribution in [1.82, 2.24) is 4.90 Å². The summed E-state index contributed by atoms with van der Waals surface area (Å²) in [5.74, 6) is 0.358. The van der Waals surface area contributed by atoms with Gasteiger partial charge in [-0.3, -0.25) is 14.5 Å². The van der Waals surface area contributed by atoms with Gasteiger partial charge in [-0.05, 0) is 30.4 Å². The maximum absolute atomic E-state index is 12.4. The minimum atomic E-state index is -0.102. The highest BCUT2D eigenvalue weighted by molar-refractivity contribution is 6.06. The topological polar surface area (TPSA) is 49.4 Å². The molecule has 1 aliphatic heterocycles. The molecule has 2 aliphatic carbocycles. The van der Waals surface area contributed by atoms with Gasteiger partial charge in [-0.2, -0.15) is 0 Å². The fourth-order valence-electron chi connectivity index (χ4n) is 3.85. The summed E-state index contributed by atoms with van der Waals surface area (Å²) >= 11 is 0. The average molecular weight is 268 g/mol. The molecule has 1 saturated heterocycles. The Morgan fingerprint density at radius 3 is 2.20 bits per heavy atom. The highest BCUT2D eigenvalue weighted by Crippen LogP contribution is 2.52. The molecule has 1 aromatic carbocycles. The van der Waals surface area contributed by atoms with Gasteiger partial charge in [0.2, 0.25) is 11.8 Å². The van der Waals surface area contributed by atoms with Gasteiger partial charge in [0.15, 0.2) is 0 Å². The summed E-state index contributed by atoms with van der Waals surface area (Å²) in [6, 6.07) is 9.64. The van der Waals surface area contributed by atoms with E-state index in [9.17, 15) is 9.59 Å². The standard InChI is InChI=1S/C16H16N2O2/c19-15-13-10-6-7-11(8-10)14(13)16(20)18(15)9-17-12-4-2-1-3-5-12/h1-7,10-11,13-14,17H,8-9H2/t10-,11+,13-,14+. The van der Waals surface area contributed by atoms with Crippen molar-refractivity contribution in [3.05, 3.63) is 42.5 Å². The lowest BCUT2D eigenvalue weighted by Gasteiger charge is -2.18. The molecule has 0 spiro atoms. The molecule has 4 rings (SSSR count). The number of nitrogens with one attached hydrogen (secondary N) is 1. The second kappa shape index (κ2) is 4.20. The van der Waals surface area contributed by atoms with Crippen LogP contribution in [0.3, 0.4) is 0 Å². The molecule has 4 nitrogen and oxygen atoms in total. The first-order valence-electron chi connectivity index (χ1n) is 7.08. The zero-order chi connectivity index (χ0) is 13.7. The van der Waals surface area contributed by atoms with Crippen LogP contribution in [0.2, 0.25) is 0 Å². The van der Waals surface area contributed by atoms with E-state index in [0.717, 1.165) is 12.1 Å². The van der Waals surface area contributed by atoms with E-state index in [1.165, 1.54) is 4.90 Å². The molecule has 0 unspecified atom stereocenters. The summed E-state index contributed by atoms with van der Waals surface area (Å²) in [6.45, 7) is 0.272. The van der Waals surface area contributed by atoms with Crippen LogP contribution in [0.25, 0.3) is 0 Å². The molecule has 1 saturated carbocycles. The van der Waals surface area contributed by atoms with Crippen molar-refractivity contribution in [3.8, 4) is 0 Å². The number of carbonyl (C=O) groups is 2. The Hall–Kier alpha value is -2.10. The van der Waals surface area contributed by atoms with Gasteiger partial charge >= 0.3 is 0 Å². The number of hydrogen-bond acceptors (Lipinski definition) is 3. The summed E-state index contributed by atoms with van der Waals surface area (Å²) < 4.78 is 0. The quantitative estimate of drug-likeness (QED) is 0.672. The summed E-state index contributed by atoms with van der Waals surface area (Å²) in [4.78, 5) is 26.3. The maximum atomic E-state index is 12.4. The predicted octanol–water partition coefficient (Wildman–Crippen LogP) is 1.86. The Labute approximate surface area is 117 Å². The number of rotatable bonds is 3. The van der Waals surface area contributed by atoms with Crippen molar-refractivity contribution in [3.63, 3.8) is 0 Å². The molecule has 0 aromatic heterocycles. The first kappa shape index (κ1) is 11.7. The van der Waals surface area contributed by atoms with E-state index in [-0.39, 0.29) is 42.2 Å². The van der Waals surface area contributed by atoms with Crippen LogP contribution in [0.15, 0.2) is 42.5 Å². The van der Waals surface area contributed by atoms with Crippen LogP contribution in [-0.4, -0.2) is 23.4 Å². The zero-order valence-electron chi connectivity index (χ0n) is 11.0. The molecule has 2 amide bonds. The lowest BCUT2D eigenvalue weighted by molar-refractivity contribution is -0.140. The third kappa shape index (κ3) is 1.54. The van der Waals surface area contributed by atoms with E-state index < -0.39 is 0 Å². The first-order chi connectivity index (χ1) is 9.75. The van der Waals surface area contributed by atoms with Crippen molar-refractivity contribution in [2.24, 2.45) is 23.7 Å². The van der Waals surface area contributed by atoms with Crippen LogP contribution < -0.4 is 5.32 Å². The Kier molecular flexibility index (Phi) is 2.46. The Morgan fingerprint density at radius 2 is 1.60 bits per heavy atom. The Balaban J connectivity index is 1.51. The molecule has 4 heteroatoms. The summed E-state index contributed by atoms with van der Waals surface area (Å²) in [5, 5.41) is 3.15. The predicted molar refractivity (Wildman–Crippen MR) is 74.5 cm³/mol. The van der Waals surface area contributed by atoms with Crippen LogP contribution >= 0.6 is 0 Å². The zero-order valence-corrected chi connectivity index (χ0v) is 11.0. The second-order valence-corrected chi connectivity index (χ2v) is 5.81. The van der Waals surface area contributed by atoms with Crippen molar-refractivity contribution in [2.45, 2.75) is 6.42 Å². The number of likely N-dealkylation sites (tertiary alicyclic amines) is 1. The lowest BCUT2D eigenvalue weighted by atomic mass is 9.85. The highest BCUT2D eigenvalue weighted by Gasteiger charge is 2.59. The first-order valence-corrected chi connectivity index (χ1v) is 7.08. The molecular weight excluding hydrogens is 252 g/mol. The van der Waals surface area contributed by atoms with Gasteiger partial charge in [-0.25, -0.2) is 0 Å². The molecule has 4 atom stereocenters. The fraction of sp³-hybridized carbons (Fsp3) is 0.375. The number of fused-ring (bicyclic) bond motifs is 5. The summed E-state index contributed by atoms with van der Waals surface area (Å²) in [6.07, 6.45) is 5.21. The minimum absolute atomic E-state index is 0.000260. The van der Waals surface area contributed by atoms with E-state index in [1.54, 1.807) is 0 Å². The van der Waals surface area contributed by atoms with E-state index >= 15 is 0 Å². The number of hydrogen-bond donors (Lipinski definition) is 1. The largest absolute Gasteiger partial charge is 0.367 e. The molecule has 1 heterocycles. The highest BCUT2D eigenvalue weighted by atomic mass is 16.2. The van der Waals surface area contributed by atoms with Gasteiger partial charge in [0.1, 0.15) is 0 Å². The lowest BCUT2D eigenvalue weighted by Crippen LogP contribution is -2.37. The van der Waals surface area contributed by atoms with Gasteiger partial charge in [0.05, 0.1) is 18.5 Å². The van der Waals surface area contributed by atoms with Crippen LogP contribution in [0, 0.1) is 23.7 Å². The Bertz CT molecular complexity index is 566. The number of carbonyl (C=O) groups excluding carboxylic acids is 2. The van der Waals surface area contributed by atoms with E-state index in [0.29, 0.717) is 0 Å². The van der Waals surface area contributed by atoms with E-state index in [4.69, 9.17) is 0 Å². The van der Waals surface area contributed by atoms with Gasteiger partial charge in [-0.1, -0.05) is 30.4 Å². The third-order valence-corrected chi connectivity index (χ3v) is 4.78. The van der Waals surface area contributed by atoms with Crippen LogP contribution in [0.1, 0.15) is 6.42 Å². The molecule has 20 heavy (non-hydrogen) atoms. The summed E-state index contributed by atoms with van der Waals surface area (Å²) in [5.41, 5.74) is 0.922. The Morgan fingerprint density at radius 1 is 1.00 bits per heavy atom. The van der Waals surface area contributed by atoms with Gasteiger partial charge in [0.25, 0.3) is 0 Å². The van der Waals surface area contributed by atoms with Gasteiger partial charge < -0.3 is 5.32 Å². The van der Waals surface area contributed by atoms with Crippen molar-refractivity contribution < 1.29 is 9.59 Å². The molecule has 0 radical (unpaired) electrons. The number of allylic oxidation sites excluding steroid dienone is 2. The average Bonchev–Trinajstić information content (AvgIpc) is 3.13. The van der Waals surface area contributed by atoms with Crippen molar-refractivity contribution in [2.75, 3.05) is 12.0 Å². The summed E-state index contributed by atoms with van der Waals surface area (Å²) in [7, 11) is 0. The number of nitrogens with zero attached hydrogens (tertiary/aromatic N) is 1. The third-order valence-electron chi connectivity index (χ3n) is 4.78. The molecular formula is C16H16N2O2. The molecule has 102 valence electrons. The number of anilines is 1. The molecule has 2 fully saturated rings. The normalized spacial score (nSPS) is 33.9. The number of benzene rings is 1. The fourth-order valence-corrected chi connectivity index (χ4v) is 3.85. The van der Waals surface area contributed by atoms with E-state index in [2.05, 4.69) is 17.5 Å².